The first kappa shape index (κ1) is 23.2. The molecular weight excluding hydrogens is 475 g/mol. The van der Waals surface area contributed by atoms with Crippen molar-refractivity contribution in [2.45, 2.75) is 13.1 Å². The van der Waals surface area contributed by atoms with Crippen molar-refractivity contribution in [3.8, 4) is 5.75 Å². The van der Waals surface area contributed by atoms with E-state index >= 15 is 0 Å². The number of hydrogen-bond donors (Lipinski definition) is 1. The number of hydrogen-bond acceptors (Lipinski definition) is 4. The van der Waals surface area contributed by atoms with Crippen LogP contribution in [0.25, 0.3) is 0 Å². The summed E-state index contributed by atoms with van der Waals surface area (Å²) in [6.07, 6.45) is 0. The molecule has 0 radical (unpaired) electrons. The number of aliphatic imine (C=N–C) groups is 1. The van der Waals surface area contributed by atoms with Crippen molar-refractivity contribution in [3.05, 3.63) is 52.2 Å². The van der Waals surface area contributed by atoms with E-state index in [-0.39, 0.29) is 36.4 Å². The molecule has 1 heterocycles. The summed E-state index contributed by atoms with van der Waals surface area (Å²) in [6.45, 7) is 1.40. The maximum absolute atomic E-state index is 11.9. The average Bonchev–Trinajstić information content (AvgIpc) is 3.15. The zero-order valence-electron chi connectivity index (χ0n) is 16.1. The number of nitrogens with one attached hydrogen (secondary N) is 1. The molecule has 0 saturated carbocycles. The number of amides is 1. The lowest BCUT2D eigenvalue weighted by molar-refractivity contribution is -0.127. The Hall–Kier alpha value is -1.81. The van der Waals surface area contributed by atoms with Crippen LogP contribution in [0.5, 0.6) is 5.75 Å². The number of rotatable bonds is 7. The molecule has 0 fully saturated rings. The second kappa shape index (κ2) is 11.8. The van der Waals surface area contributed by atoms with Crippen molar-refractivity contribution in [2.24, 2.45) is 4.99 Å². The van der Waals surface area contributed by atoms with Gasteiger partial charge in [-0.25, -0.2) is 4.99 Å². The molecule has 6 nitrogen and oxygen atoms in total. The van der Waals surface area contributed by atoms with Crippen LogP contribution in [0.3, 0.4) is 0 Å². The van der Waals surface area contributed by atoms with Gasteiger partial charge in [0, 0.05) is 38.1 Å². The minimum atomic E-state index is -0.0360. The Labute approximate surface area is 182 Å². The Morgan fingerprint density at radius 3 is 2.56 bits per heavy atom. The van der Waals surface area contributed by atoms with E-state index in [1.807, 2.05) is 47.7 Å². The highest BCUT2D eigenvalue weighted by Gasteiger charge is 2.12. The van der Waals surface area contributed by atoms with Crippen LogP contribution >= 0.6 is 35.3 Å². The van der Waals surface area contributed by atoms with Crippen LogP contribution in [0.15, 0.2) is 46.8 Å². The van der Waals surface area contributed by atoms with Crippen molar-refractivity contribution in [2.75, 3.05) is 34.8 Å². The van der Waals surface area contributed by atoms with E-state index in [0.717, 1.165) is 11.3 Å². The molecule has 0 saturated heterocycles. The SMILES string of the molecule is COc1ccccc1CN(C)C(=NCC(=O)N(C)C)NCc1cccs1.I. The fourth-order valence-corrected chi connectivity index (χ4v) is 2.98. The number of thiophene rings is 1. The first-order valence-corrected chi connectivity index (χ1v) is 9.23. The minimum Gasteiger partial charge on any atom is -0.496 e. The standard InChI is InChI=1S/C19H26N4O2S.HI/c1-22(2)18(24)13-21-19(20-12-16-9-7-11-26-16)23(3)14-15-8-5-6-10-17(15)25-4;/h5-11H,12-14H2,1-4H3,(H,20,21);1H. The molecule has 1 aromatic carbocycles. The van der Waals surface area contributed by atoms with Gasteiger partial charge in [0.1, 0.15) is 12.3 Å². The van der Waals surface area contributed by atoms with Gasteiger partial charge in [0.2, 0.25) is 5.91 Å². The molecule has 0 aliphatic heterocycles. The molecule has 1 amide bonds. The summed E-state index contributed by atoms with van der Waals surface area (Å²) in [7, 11) is 7.08. The van der Waals surface area contributed by atoms with Gasteiger partial charge in [0.25, 0.3) is 0 Å². The van der Waals surface area contributed by atoms with Gasteiger partial charge in [-0.1, -0.05) is 24.3 Å². The number of benzene rings is 1. The zero-order chi connectivity index (χ0) is 18.9. The molecule has 27 heavy (non-hydrogen) atoms. The number of halogens is 1. The molecule has 1 N–H and O–H groups in total. The van der Waals surface area contributed by atoms with Crippen molar-refractivity contribution in [1.29, 1.82) is 0 Å². The molecule has 0 aliphatic carbocycles. The number of methoxy groups -OCH3 is 1. The fourth-order valence-electron chi connectivity index (χ4n) is 2.34. The summed E-state index contributed by atoms with van der Waals surface area (Å²) < 4.78 is 5.43. The highest BCUT2D eigenvalue weighted by molar-refractivity contribution is 14.0. The summed E-state index contributed by atoms with van der Waals surface area (Å²) in [4.78, 5) is 21.2. The fraction of sp³-hybridized carbons (Fsp3) is 0.368. The third kappa shape index (κ3) is 7.37. The average molecular weight is 502 g/mol. The summed E-state index contributed by atoms with van der Waals surface area (Å²) in [6, 6.07) is 12.0. The van der Waals surface area contributed by atoms with Crippen molar-refractivity contribution in [1.82, 2.24) is 15.1 Å². The Morgan fingerprint density at radius 1 is 1.19 bits per heavy atom. The van der Waals surface area contributed by atoms with Gasteiger partial charge < -0.3 is 19.9 Å². The minimum absolute atomic E-state index is 0. The van der Waals surface area contributed by atoms with E-state index in [9.17, 15) is 4.79 Å². The van der Waals surface area contributed by atoms with E-state index in [1.165, 1.54) is 4.88 Å². The molecule has 8 heteroatoms. The van der Waals surface area contributed by atoms with Gasteiger partial charge in [-0.2, -0.15) is 0 Å². The molecule has 0 bridgehead atoms. The van der Waals surface area contributed by atoms with Crippen molar-refractivity contribution in [3.63, 3.8) is 0 Å². The number of likely N-dealkylation sites (N-methyl/N-ethyl adjacent to an activating group) is 1. The lowest BCUT2D eigenvalue weighted by Gasteiger charge is -2.23. The number of ether oxygens (including phenoxy) is 1. The molecule has 0 spiro atoms. The van der Waals surface area contributed by atoms with Gasteiger partial charge in [0.05, 0.1) is 13.7 Å². The number of carbonyl (C=O) groups excluding carboxylic acids is 1. The molecule has 148 valence electrons. The Morgan fingerprint density at radius 2 is 1.93 bits per heavy atom. The quantitative estimate of drug-likeness (QED) is 0.360. The number of guanidine groups is 1. The van der Waals surface area contributed by atoms with Crippen molar-refractivity contribution >= 4 is 47.2 Å². The molecule has 0 unspecified atom stereocenters. The van der Waals surface area contributed by atoms with Gasteiger partial charge in [-0.15, -0.1) is 35.3 Å². The van der Waals surface area contributed by atoms with E-state index < -0.39 is 0 Å². The van der Waals surface area contributed by atoms with Gasteiger partial charge in [-0.3, -0.25) is 4.79 Å². The maximum atomic E-state index is 11.9. The second-order valence-corrected chi connectivity index (χ2v) is 7.06. The first-order chi connectivity index (χ1) is 12.5. The molecule has 0 atom stereocenters. The van der Waals surface area contributed by atoms with Crippen LogP contribution in [-0.4, -0.2) is 56.5 Å². The van der Waals surface area contributed by atoms with E-state index in [4.69, 9.17) is 4.74 Å². The first-order valence-electron chi connectivity index (χ1n) is 8.35. The number of carbonyl (C=O) groups is 1. The Kier molecular flexibility index (Phi) is 10.2. The van der Waals surface area contributed by atoms with E-state index in [2.05, 4.69) is 16.4 Å². The topological polar surface area (TPSA) is 57.2 Å². The summed E-state index contributed by atoms with van der Waals surface area (Å²) in [5.41, 5.74) is 1.06. The number of nitrogens with zero attached hydrogens (tertiary/aromatic N) is 3. The highest BCUT2D eigenvalue weighted by atomic mass is 127. The second-order valence-electron chi connectivity index (χ2n) is 6.03. The smallest absolute Gasteiger partial charge is 0.243 e. The maximum Gasteiger partial charge on any atom is 0.243 e. The van der Waals surface area contributed by atoms with E-state index in [0.29, 0.717) is 19.0 Å². The lowest BCUT2D eigenvalue weighted by Crippen LogP contribution is -2.39. The predicted molar refractivity (Wildman–Crippen MR) is 122 cm³/mol. The van der Waals surface area contributed by atoms with E-state index in [1.54, 1.807) is 37.4 Å². The molecule has 1 aromatic heterocycles. The van der Waals surface area contributed by atoms with Crippen molar-refractivity contribution < 1.29 is 9.53 Å². The predicted octanol–water partition coefficient (Wildman–Crippen LogP) is 3.04. The summed E-state index contributed by atoms with van der Waals surface area (Å²) in [5, 5.41) is 5.39. The van der Waals surface area contributed by atoms with Crippen LogP contribution in [0.1, 0.15) is 10.4 Å². The molecule has 2 rings (SSSR count). The van der Waals surface area contributed by atoms with Crippen LogP contribution in [0.4, 0.5) is 0 Å². The lowest BCUT2D eigenvalue weighted by atomic mass is 10.2. The van der Waals surface area contributed by atoms with Crippen LogP contribution in [0, 0.1) is 0 Å². The highest BCUT2D eigenvalue weighted by Crippen LogP contribution is 2.18. The van der Waals surface area contributed by atoms with Crippen LogP contribution in [0.2, 0.25) is 0 Å². The normalized spacial score (nSPS) is 10.7. The van der Waals surface area contributed by atoms with Crippen LogP contribution in [-0.2, 0) is 17.9 Å². The molecule has 2 aromatic rings. The van der Waals surface area contributed by atoms with Crippen LogP contribution < -0.4 is 10.1 Å². The van der Waals surface area contributed by atoms with Gasteiger partial charge in [-0.05, 0) is 17.5 Å². The van der Waals surface area contributed by atoms with Gasteiger partial charge >= 0.3 is 0 Å². The third-order valence-corrected chi connectivity index (χ3v) is 4.70. The molecule has 0 aliphatic rings. The zero-order valence-corrected chi connectivity index (χ0v) is 19.3. The molecular formula is C19H27IN4O2S. The Balaban J connectivity index is 0.00000364. The summed E-state index contributed by atoms with van der Waals surface area (Å²) in [5.74, 6) is 1.48. The Bertz CT molecular complexity index is 735. The summed E-state index contributed by atoms with van der Waals surface area (Å²) >= 11 is 1.68. The largest absolute Gasteiger partial charge is 0.496 e. The number of para-hydroxylation sites is 1. The third-order valence-electron chi connectivity index (χ3n) is 3.83. The monoisotopic (exact) mass is 502 g/mol. The van der Waals surface area contributed by atoms with Gasteiger partial charge in [0.15, 0.2) is 5.96 Å².